The zero-order valence-electron chi connectivity index (χ0n) is 13.2. The van der Waals surface area contributed by atoms with Crippen LogP contribution in [0, 0.1) is 5.92 Å². The Morgan fingerprint density at radius 3 is 2.96 bits per heavy atom. The van der Waals surface area contributed by atoms with Gasteiger partial charge in [-0.2, -0.15) is 0 Å². The molecule has 0 bridgehead atoms. The molecule has 6 heteroatoms. The van der Waals surface area contributed by atoms with Gasteiger partial charge in [-0.3, -0.25) is 4.79 Å². The van der Waals surface area contributed by atoms with E-state index in [0.29, 0.717) is 0 Å². The van der Waals surface area contributed by atoms with Crippen LogP contribution in [0.3, 0.4) is 0 Å². The van der Waals surface area contributed by atoms with E-state index in [1.165, 1.54) is 20.7 Å². The van der Waals surface area contributed by atoms with E-state index in [9.17, 15) is 4.79 Å². The Bertz CT molecular complexity index is 906. The second-order valence-electron chi connectivity index (χ2n) is 6.49. The Hall–Kier alpha value is -1.76. The van der Waals surface area contributed by atoms with Crippen molar-refractivity contribution in [2.75, 3.05) is 11.9 Å². The fourth-order valence-electron chi connectivity index (χ4n) is 3.27. The maximum Gasteiger partial charge on any atom is 0.228 e. The number of fused-ring (bicyclic) bond motifs is 2. The van der Waals surface area contributed by atoms with Crippen LogP contribution in [0.25, 0.3) is 20.8 Å². The minimum Gasteiger partial charge on any atom is -0.342 e. The first-order valence-electron chi connectivity index (χ1n) is 8.42. The Balaban J connectivity index is 1.64. The number of benzene rings is 1. The van der Waals surface area contributed by atoms with Gasteiger partial charge in [0.15, 0.2) is 0 Å². The molecule has 0 atom stereocenters. The van der Waals surface area contributed by atoms with Gasteiger partial charge in [0.1, 0.15) is 16.6 Å². The van der Waals surface area contributed by atoms with Gasteiger partial charge in [0.25, 0.3) is 0 Å². The summed E-state index contributed by atoms with van der Waals surface area (Å²) >= 11 is 3.47. The molecule has 0 spiro atoms. The molecule has 122 valence electrons. The molecule has 3 aromatic rings. The van der Waals surface area contributed by atoms with E-state index in [0.717, 1.165) is 47.9 Å². The quantitative estimate of drug-likeness (QED) is 0.758. The molecule has 0 unspecified atom stereocenters. The summed E-state index contributed by atoms with van der Waals surface area (Å²) in [4.78, 5) is 18.6. The van der Waals surface area contributed by atoms with Gasteiger partial charge in [-0.05, 0) is 30.5 Å². The molecular formula is C18H18N3OS2+. The predicted octanol–water partition coefficient (Wildman–Crippen LogP) is 2.99. The van der Waals surface area contributed by atoms with Gasteiger partial charge in [0.2, 0.25) is 5.91 Å². The van der Waals surface area contributed by atoms with Gasteiger partial charge < -0.3 is 10.6 Å². The lowest BCUT2D eigenvalue weighted by atomic mass is 10.0. The minimum atomic E-state index is 0.180. The van der Waals surface area contributed by atoms with Crippen molar-refractivity contribution in [3.05, 3.63) is 34.7 Å². The Kier molecular flexibility index (Phi) is 3.43. The number of carbonyl (C=O) groups excluding carboxylic acids is 1. The predicted molar refractivity (Wildman–Crippen MR) is 98.5 cm³/mol. The van der Waals surface area contributed by atoms with Crippen molar-refractivity contribution in [3.8, 4) is 10.6 Å². The van der Waals surface area contributed by atoms with Crippen LogP contribution in [-0.4, -0.2) is 17.4 Å². The van der Waals surface area contributed by atoms with Crippen LogP contribution in [0.15, 0.2) is 24.3 Å². The molecule has 3 heterocycles. The second-order valence-corrected chi connectivity index (χ2v) is 8.63. The zero-order valence-corrected chi connectivity index (χ0v) is 14.8. The number of hydrogen-bond donors (Lipinski definition) is 2. The number of thiophene rings is 1. The largest absolute Gasteiger partial charge is 0.342 e. The van der Waals surface area contributed by atoms with Crippen molar-refractivity contribution >= 4 is 43.8 Å². The van der Waals surface area contributed by atoms with E-state index in [1.807, 2.05) is 6.07 Å². The van der Waals surface area contributed by atoms with Crippen molar-refractivity contribution in [3.63, 3.8) is 0 Å². The lowest BCUT2D eigenvalue weighted by molar-refractivity contribution is -0.672. The number of quaternary nitrogens is 1. The molecule has 2 aliphatic rings. The Labute approximate surface area is 147 Å². The highest BCUT2D eigenvalue weighted by atomic mass is 32.1. The van der Waals surface area contributed by atoms with Gasteiger partial charge in [-0.25, -0.2) is 4.98 Å². The number of carbonyl (C=O) groups is 1. The number of nitrogens with one attached hydrogen (secondary N) is 1. The smallest absolute Gasteiger partial charge is 0.228 e. The zero-order chi connectivity index (χ0) is 16.1. The second kappa shape index (κ2) is 5.65. The van der Waals surface area contributed by atoms with Gasteiger partial charge in [0, 0.05) is 17.9 Å². The van der Waals surface area contributed by atoms with Crippen molar-refractivity contribution < 1.29 is 10.1 Å². The van der Waals surface area contributed by atoms with Crippen LogP contribution >= 0.6 is 22.7 Å². The van der Waals surface area contributed by atoms with Crippen LogP contribution in [0.1, 0.15) is 23.3 Å². The number of thiazole rings is 1. The maximum absolute atomic E-state index is 12.3. The van der Waals surface area contributed by atoms with Crippen LogP contribution in [0.2, 0.25) is 0 Å². The van der Waals surface area contributed by atoms with Gasteiger partial charge in [0.05, 0.1) is 21.6 Å². The molecule has 24 heavy (non-hydrogen) atoms. The van der Waals surface area contributed by atoms with Crippen LogP contribution < -0.4 is 10.6 Å². The number of aromatic nitrogens is 1. The number of para-hydroxylation sites is 1. The van der Waals surface area contributed by atoms with E-state index < -0.39 is 0 Å². The van der Waals surface area contributed by atoms with Crippen LogP contribution in [0.4, 0.5) is 5.00 Å². The first-order valence-corrected chi connectivity index (χ1v) is 10.1. The molecule has 5 rings (SSSR count). The first-order chi connectivity index (χ1) is 11.8. The highest BCUT2D eigenvalue weighted by Crippen LogP contribution is 2.45. The summed E-state index contributed by atoms with van der Waals surface area (Å²) in [5.41, 5.74) is 3.62. The third kappa shape index (κ3) is 2.46. The van der Waals surface area contributed by atoms with E-state index in [4.69, 9.17) is 4.98 Å². The van der Waals surface area contributed by atoms with Gasteiger partial charge in [-0.1, -0.05) is 12.1 Å². The molecule has 0 saturated heterocycles. The Morgan fingerprint density at radius 2 is 2.12 bits per heavy atom. The first kappa shape index (κ1) is 14.6. The molecule has 1 aliphatic heterocycles. The van der Waals surface area contributed by atoms with Crippen LogP contribution in [0.5, 0.6) is 0 Å². The lowest BCUT2D eigenvalue weighted by Gasteiger charge is -2.11. The number of nitrogens with two attached hydrogens (primary N) is 1. The molecule has 1 aliphatic carbocycles. The van der Waals surface area contributed by atoms with Crippen LogP contribution in [-0.2, 0) is 17.8 Å². The third-order valence-electron chi connectivity index (χ3n) is 4.71. The molecule has 1 aromatic carbocycles. The van der Waals surface area contributed by atoms with Gasteiger partial charge >= 0.3 is 0 Å². The van der Waals surface area contributed by atoms with Gasteiger partial charge in [-0.15, -0.1) is 22.7 Å². The van der Waals surface area contributed by atoms with E-state index in [2.05, 4.69) is 28.8 Å². The highest BCUT2D eigenvalue weighted by molar-refractivity contribution is 7.22. The standard InChI is InChI=1S/C18H17N3OS2/c22-16(10-5-6-10)21-18-15(11-7-8-19-9-14(11)24-18)17-20-12-3-1-2-4-13(12)23-17/h1-4,10,19H,5-9H2,(H,21,22)/p+1. The fourth-order valence-corrected chi connectivity index (χ4v) is 5.63. The van der Waals surface area contributed by atoms with E-state index in [1.54, 1.807) is 22.7 Å². The number of hydrogen-bond acceptors (Lipinski definition) is 4. The number of rotatable bonds is 3. The molecule has 2 aromatic heterocycles. The topological polar surface area (TPSA) is 58.6 Å². The molecule has 1 amide bonds. The number of anilines is 1. The normalized spacial score (nSPS) is 17.0. The number of amides is 1. The maximum atomic E-state index is 12.3. The Morgan fingerprint density at radius 1 is 1.25 bits per heavy atom. The molecular weight excluding hydrogens is 338 g/mol. The average molecular weight is 356 g/mol. The third-order valence-corrected chi connectivity index (χ3v) is 6.94. The van der Waals surface area contributed by atoms with Crippen molar-refractivity contribution in [2.24, 2.45) is 5.92 Å². The van der Waals surface area contributed by atoms with Crippen molar-refractivity contribution in [1.29, 1.82) is 0 Å². The highest BCUT2D eigenvalue weighted by Gasteiger charge is 2.32. The summed E-state index contributed by atoms with van der Waals surface area (Å²) in [6, 6.07) is 8.26. The summed E-state index contributed by atoms with van der Waals surface area (Å²) in [6.45, 7) is 2.12. The molecule has 1 fully saturated rings. The monoisotopic (exact) mass is 356 g/mol. The summed E-state index contributed by atoms with van der Waals surface area (Å²) in [5.74, 6) is 0.402. The SMILES string of the molecule is O=C(Nc1sc2c(c1-c1nc3ccccc3s1)CC[NH2+]C2)C1CC1. The molecule has 1 saturated carbocycles. The fraction of sp³-hybridized carbons (Fsp3) is 0.333. The van der Waals surface area contributed by atoms with Crippen molar-refractivity contribution in [1.82, 2.24) is 4.98 Å². The molecule has 3 N–H and O–H groups in total. The number of nitrogens with zero attached hydrogens (tertiary/aromatic N) is 1. The summed E-state index contributed by atoms with van der Waals surface area (Å²) < 4.78 is 1.20. The van der Waals surface area contributed by atoms with E-state index in [-0.39, 0.29) is 11.8 Å². The summed E-state index contributed by atoms with van der Waals surface area (Å²) in [7, 11) is 0. The van der Waals surface area contributed by atoms with Crippen molar-refractivity contribution in [2.45, 2.75) is 25.8 Å². The molecule has 0 radical (unpaired) electrons. The summed E-state index contributed by atoms with van der Waals surface area (Å²) in [6.07, 6.45) is 3.11. The van der Waals surface area contributed by atoms with E-state index >= 15 is 0 Å². The summed E-state index contributed by atoms with van der Waals surface area (Å²) in [5, 5.41) is 7.59. The molecule has 4 nitrogen and oxygen atoms in total. The average Bonchev–Trinajstić information content (AvgIpc) is 3.26. The minimum absolute atomic E-state index is 0.180. The lowest BCUT2D eigenvalue weighted by Crippen LogP contribution is -2.84.